The molecule has 3 aromatic rings. The molecule has 0 bridgehead atoms. The van der Waals surface area contributed by atoms with E-state index in [1.165, 1.54) is 6.21 Å². The Hall–Kier alpha value is -3.25. The van der Waals surface area contributed by atoms with E-state index < -0.39 is 5.54 Å². The molecule has 30 heavy (non-hydrogen) atoms. The molecule has 1 amide bonds. The molecule has 1 saturated heterocycles. The number of H-pyrrole nitrogens is 1. The van der Waals surface area contributed by atoms with Crippen molar-refractivity contribution in [2.75, 3.05) is 27.2 Å². The number of likely N-dealkylation sites (N-methyl/N-ethyl adjacent to an activating group) is 2. The van der Waals surface area contributed by atoms with Gasteiger partial charge in [-0.2, -0.15) is 0 Å². The summed E-state index contributed by atoms with van der Waals surface area (Å²) in [6, 6.07) is 14.9. The topological polar surface area (TPSA) is 80.3 Å². The third-order valence-corrected chi connectivity index (χ3v) is 6.26. The van der Waals surface area contributed by atoms with Gasteiger partial charge in [-0.3, -0.25) is 9.59 Å². The van der Waals surface area contributed by atoms with Crippen molar-refractivity contribution in [2.24, 2.45) is 0 Å². The molecular weight excluding hydrogens is 376 g/mol. The standard InChI is InChI=1S/C24H26N4O2/c1-16-5-4-6-19-20(16)13-21(26-22(19)29)17-7-9-18(10-8-17)23(30)28(3)24(14-25)11-12-27(2)15-24/h4-10,13-14,25H,11-12,15H2,1-3H3,(H,26,29). The van der Waals surface area contributed by atoms with Crippen LogP contribution in [0.3, 0.4) is 0 Å². The van der Waals surface area contributed by atoms with Crippen LogP contribution >= 0.6 is 0 Å². The monoisotopic (exact) mass is 402 g/mol. The number of aryl methyl sites for hydroxylation is 1. The molecule has 1 aromatic heterocycles. The van der Waals surface area contributed by atoms with Gasteiger partial charge in [0.05, 0.1) is 5.54 Å². The Balaban J connectivity index is 1.64. The van der Waals surface area contributed by atoms with Crippen molar-refractivity contribution in [1.82, 2.24) is 14.8 Å². The summed E-state index contributed by atoms with van der Waals surface area (Å²) < 4.78 is 0. The van der Waals surface area contributed by atoms with Crippen molar-refractivity contribution < 1.29 is 4.79 Å². The molecule has 2 aromatic carbocycles. The fourth-order valence-corrected chi connectivity index (χ4v) is 4.28. The number of likely N-dealkylation sites (tertiary alicyclic amines) is 1. The third-order valence-electron chi connectivity index (χ3n) is 6.26. The van der Waals surface area contributed by atoms with Gasteiger partial charge in [-0.15, -0.1) is 0 Å². The van der Waals surface area contributed by atoms with E-state index >= 15 is 0 Å². The molecule has 154 valence electrons. The van der Waals surface area contributed by atoms with Gasteiger partial charge in [0.25, 0.3) is 11.5 Å². The number of benzene rings is 2. The minimum atomic E-state index is -0.564. The summed E-state index contributed by atoms with van der Waals surface area (Å²) in [5.41, 5.74) is 2.50. The molecular formula is C24H26N4O2. The molecule has 4 rings (SSSR count). The molecule has 1 atom stereocenters. The second-order valence-corrected chi connectivity index (χ2v) is 8.23. The summed E-state index contributed by atoms with van der Waals surface area (Å²) in [5, 5.41) is 9.49. The van der Waals surface area contributed by atoms with Crippen LogP contribution in [0.15, 0.2) is 53.3 Å². The minimum absolute atomic E-state index is 0.108. The highest BCUT2D eigenvalue weighted by molar-refractivity contribution is 5.97. The number of carbonyl (C=O) groups is 1. The summed E-state index contributed by atoms with van der Waals surface area (Å²) in [6.07, 6.45) is 2.15. The Bertz CT molecular complexity index is 1180. The van der Waals surface area contributed by atoms with Gasteiger partial charge in [-0.25, -0.2) is 0 Å². The summed E-state index contributed by atoms with van der Waals surface area (Å²) in [6.45, 7) is 3.51. The Kier molecular flexibility index (Phi) is 5.03. The van der Waals surface area contributed by atoms with Crippen molar-refractivity contribution in [2.45, 2.75) is 18.9 Å². The number of amides is 1. The van der Waals surface area contributed by atoms with Crippen LogP contribution < -0.4 is 5.56 Å². The third kappa shape index (κ3) is 3.33. The van der Waals surface area contributed by atoms with E-state index in [-0.39, 0.29) is 11.5 Å². The van der Waals surface area contributed by atoms with E-state index in [1.54, 1.807) is 24.1 Å². The van der Waals surface area contributed by atoms with Crippen molar-refractivity contribution in [3.63, 3.8) is 0 Å². The van der Waals surface area contributed by atoms with E-state index in [4.69, 9.17) is 5.41 Å². The molecule has 6 nitrogen and oxygen atoms in total. The lowest BCUT2D eigenvalue weighted by Gasteiger charge is -2.35. The van der Waals surface area contributed by atoms with Crippen LogP contribution in [-0.4, -0.2) is 59.6 Å². The Labute approximate surface area is 175 Å². The largest absolute Gasteiger partial charge is 0.330 e. The number of fused-ring (bicyclic) bond motifs is 1. The summed E-state index contributed by atoms with van der Waals surface area (Å²) in [4.78, 5) is 32.3. The quantitative estimate of drug-likeness (QED) is 0.657. The van der Waals surface area contributed by atoms with Crippen LogP contribution in [0.1, 0.15) is 22.3 Å². The zero-order valence-corrected chi connectivity index (χ0v) is 17.5. The molecule has 0 radical (unpaired) electrons. The lowest BCUT2D eigenvalue weighted by molar-refractivity contribution is 0.0687. The first-order valence-corrected chi connectivity index (χ1v) is 10.1. The Morgan fingerprint density at radius 2 is 1.93 bits per heavy atom. The number of rotatable bonds is 4. The molecule has 1 aliphatic rings. The van der Waals surface area contributed by atoms with Gasteiger partial charge in [0.15, 0.2) is 0 Å². The van der Waals surface area contributed by atoms with Crippen LogP contribution in [0.5, 0.6) is 0 Å². The van der Waals surface area contributed by atoms with E-state index in [0.29, 0.717) is 17.5 Å². The number of aromatic nitrogens is 1. The number of hydrogen-bond acceptors (Lipinski definition) is 4. The number of carbonyl (C=O) groups excluding carboxylic acids is 1. The van der Waals surface area contributed by atoms with Crippen molar-refractivity contribution in [3.8, 4) is 11.3 Å². The predicted octanol–water partition coefficient (Wildman–Crippen LogP) is 3.30. The molecule has 0 spiro atoms. The molecule has 0 aliphatic carbocycles. The van der Waals surface area contributed by atoms with Gasteiger partial charge in [0.2, 0.25) is 0 Å². The zero-order valence-electron chi connectivity index (χ0n) is 17.5. The second kappa shape index (κ2) is 7.54. The first-order chi connectivity index (χ1) is 14.3. The molecule has 6 heteroatoms. The first-order valence-electron chi connectivity index (χ1n) is 10.1. The van der Waals surface area contributed by atoms with Crippen LogP contribution in [0.2, 0.25) is 0 Å². The minimum Gasteiger partial charge on any atom is -0.330 e. The maximum absolute atomic E-state index is 13.1. The second-order valence-electron chi connectivity index (χ2n) is 8.23. The van der Waals surface area contributed by atoms with Gasteiger partial charge in [-0.1, -0.05) is 24.3 Å². The Morgan fingerprint density at radius 1 is 1.20 bits per heavy atom. The lowest BCUT2D eigenvalue weighted by atomic mass is 9.96. The summed E-state index contributed by atoms with van der Waals surface area (Å²) in [7, 11) is 3.77. The SMILES string of the molecule is Cc1cccc2c(=O)[nH]c(-c3ccc(C(=O)N(C)C4(C=N)CCN(C)C4)cc3)cc12. The maximum Gasteiger partial charge on any atom is 0.256 e. The average Bonchev–Trinajstić information content (AvgIpc) is 3.15. The number of aromatic amines is 1. The fourth-order valence-electron chi connectivity index (χ4n) is 4.28. The number of hydrogen-bond donors (Lipinski definition) is 2. The maximum atomic E-state index is 13.1. The molecule has 0 saturated carbocycles. The number of nitrogens with one attached hydrogen (secondary N) is 2. The summed E-state index contributed by atoms with van der Waals surface area (Å²) >= 11 is 0. The van der Waals surface area contributed by atoms with Crippen molar-refractivity contribution >= 4 is 22.9 Å². The first kappa shape index (κ1) is 20.0. The molecule has 2 heterocycles. The normalized spacial score (nSPS) is 19.2. The van der Waals surface area contributed by atoms with Crippen LogP contribution in [0.4, 0.5) is 0 Å². The van der Waals surface area contributed by atoms with Crippen LogP contribution in [0, 0.1) is 12.3 Å². The molecule has 2 N–H and O–H groups in total. The van der Waals surface area contributed by atoms with Gasteiger partial charge < -0.3 is 20.2 Å². The van der Waals surface area contributed by atoms with Gasteiger partial charge in [0, 0.05) is 43.0 Å². The van der Waals surface area contributed by atoms with Gasteiger partial charge in [0.1, 0.15) is 0 Å². The highest BCUT2D eigenvalue weighted by Gasteiger charge is 2.41. The Morgan fingerprint density at radius 3 is 2.57 bits per heavy atom. The highest BCUT2D eigenvalue weighted by Crippen LogP contribution is 2.27. The van der Waals surface area contributed by atoms with Crippen molar-refractivity contribution in [1.29, 1.82) is 5.41 Å². The number of pyridine rings is 1. The van der Waals surface area contributed by atoms with Gasteiger partial charge >= 0.3 is 0 Å². The van der Waals surface area contributed by atoms with Crippen LogP contribution in [-0.2, 0) is 0 Å². The highest BCUT2D eigenvalue weighted by atomic mass is 16.2. The lowest BCUT2D eigenvalue weighted by Crippen LogP contribution is -2.52. The molecule has 1 fully saturated rings. The van der Waals surface area contributed by atoms with E-state index in [1.807, 2.05) is 50.4 Å². The summed E-state index contributed by atoms with van der Waals surface area (Å²) in [5.74, 6) is -0.108. The van der Waals surface area contributed by atoms with E-state index in [0.717, 1.165) is 35.2 Å². The molecule has 1 aliphatic heterocycles. The van der Waals surface area contributed by atoms with E-state index in [9.17, 15) is 9.59 Å². The van der Waals surface area contributed by atoms with Crippen LogP contribution in [0.25, 0.3) is 22.0 Å². The molecule has 1 unspecified atom stereocenters. The predicted molar refractivity (Wildman–Crippen MR) is 120 cm³/mol. The van der Waals surface area contributed by atoms with Gasteiger partial charge in [-0.05, 0) is 61.2 Å². The van der Waals surface area contributed by atoms with E-state index in [2.05, 4.69) is 9.88 Å². The van der Waals surface area contributed by atoms with Crippen molar-refractivity contribution in [3.05, 3.63) is 70.0 Å². The average molecular weight is 402 g/mol. The fraction of sp³-hybridized carbons (Fsp3) is 0.292. The zero-order chi connectivity index (χ0) is 21.5. The smallest absolute Gasteiger partial charge is 0.256 e. The number of nitrogens with zero attached hydrogens (tertiary/aromatic N) is 2.